The van der Waals surface area contributed by atoms with Gasteiger partial charge in [0.1, 0.15) is 0 Å². The molecule has 9 heteroatoms. The van der Waals surface area contributed by atoms with E-state index in [-0.39, 0.29) is 0 Å². The Hall–Kier alpha value is -0.301. The van der Waals surface area contributed by atoms with E-state index in [2.05, 4.69) is 58.2 Å². The van der Waals surface area contributed by atoms with E-state index < -0.39 is 0 Å². The maximum atomic E-state index is 4.67. The molecule has 0 aliphatic rings. The van der Waals surface area contributed by atoms with E-state index in [0.717, 1.165) is 13.1 Å². The van der Waals surface area contributed by atoms with Gasteiger partial charge in [-0.2, -0.15) is 0 Å². The van der Waals surface area contributed by atoms with Crippen LogP contribution >= 0.6 is 20.2 Å². The van der Waals surface area contributed by atoms with Crippen LogP contribution in [0.15, 0.2) is 23.7 Å². The summed E-state index contributed by atoms with van der Waals surface area (Å²) in [7, 11) is 11.1. The Morgan fingerprint density at radius 2 is 2.31 bits per heavy atom. The van der Waals surface area contributed by atoms with Crippen LogP contribution in [0.4, 0.5) is 0 Å². The molecule has 1 aromatic heterocycles. The number of halogens is 2. The van der Waals surface area contributed by atoms with Gasteiger partial charge in [0.2, 0.25) is 0 Å². The van der Waals surface area contributed by atoms with Crippen LogP contribution in [-0.2, 0) is 25.4 Å². The summed E-state index contributed by atoms with van der Waals surface area (Å²) in [6.45, 7) is 0. The zero-order valence-corrected chi connectivity index (χ0v) is 11.5. The summed E-state index contributed by atoms with van der Waals surface area (Å²) in [5.74, 6) is 0. The number of aromatic nitrogens is 2. The monoisotopic (exact) mass is 328 g/mol. The summed E-state index contributed by atoms with van der Waals surface area (Å²) in [6.07, 6.45) is 6.28. The Kier molecular flexibility index (Phi) is 11.0. The summed E-state index contributed by atoms with van der Waals surface area (Å²) in [5.41, 5.74) is 4.37. The quantitative estimate of drug-likeness (QED) is 0.221. The zero-order chi connectivity index (χ0) is 12.2. The average Bonchev–Trinajstić information content (AvgIpc) is 2.31. The van der Waals surface area contributed by atoms with Gasteiger partial charge in [0.25, 0.3) is 0 Å². The molecule has 1 N–H and O–H groups in total. The van der Waals surface area contributed by atoms with Crippen molar-refractivity contribution in [1.29, 1.82) is 0 Å². The van der Waals surface area contributed by atoms with Crippen molar-refractivity contribution >= 4 is 43.7 Å². The molecule has 0 spiro atoms. The first-order valence-electron chi connectivity index (χ1n) is 3.79. The Labute approximate surface area is 114 Å². The van der Waals surface area contributed by atoms with Crippen LogP contribution in [0.1, 0.15) is 5.69 Å². The van der Waals surface area contributed by atoms with Gasteiger partial charge in [0.05, 0.1) is 11.9 Å². The van der Waals surface area contributed by atoms with E-state index in [1.807, 2.05) is 0 Å². The predicted molar refractivity (Wildman–Crippen MR) is 67.5 cm³/mol. The van der Waals surface area contributed by atoms with Gasteiger partial charge in [-0.15, -0.1) is 0 Å². The van der Waals surface area contributed by atoms with Crippen LogP contribution in [0.3, 0.4) is 0 Å². The Morgan fingerprint density at radius 1 is 1.62 bits per heavy atom. The standard InChI is InChI=1S/C7H9N5S.2ClH.Cu/c1-8-7(13)12-11-5-6-4-9-2-3-10-6;;;/h2-5H,1H3,(H2,8,10,12,13);2*1H;/q;;;+2/p-2. The Bertz CT molecular complexity index is 324. The number of rotatable bonds is 2. The molecule has 0 fully saturated rings. The molecule has 0 aliphatic heterocycles. The van der Waals surface area contributed by atoms with Crippen molar-refractivity contribution in [3.05, 3.63) is 29.7 Å². The van der Waals surface area contributed by atoms with Crippen molar-refractivity contribution < 1.29 is 13.1 Å². The molecule has 16 heavy (non-hydrogen) atoms. The SMILES string of the molecule is CNC(=[SH+])[N-]N=Cc1cnccn1.[Cl][Cu][Cl]. The molecule has 0 unspecified atom stereocenters. The maximum absolute atomic E-state index is 4.67. The second-order valence-electron chi connectivity index (χ2n) is 2.09. The van der Waals surface area contributed by atoms with Gasteiger partial charge in [-0.05, 0) is 7.05 Å². The first-order valence-corrected chi connectivity index (χ1v) is 6.83. The van der Waals surface area contributed by atoms with Crippen molar-refractivity contribution in [2.24, 2.45) is 5.10 Å². The minimum absolute atomic E-state index is 0.445. The summed E-state index contributed by atoms with van der Waals surface area (Å²) in [4.78, 5) is 7.84. The number of thiol groups is 1. The van der Waals surface area contributed by atoms with Crippen molar-refractivity contribution in [1.82, 2.24) is 15.3 Å². The van der Waals surface area contributed by atoms with Crippen LogP contribution in [0.2, 0.25) is 0 Å². The second kappa shape index (κ2) is 11.2. The molecule has 0 bridgehead atoms. The van der Waals surface area contributed by atoms with Crippen LogP contribution in [0, 0.1) is 0 Å². The van der Waals surface area contributed by atoms with Crippen molar-refractivity contribution in [2.45, 2.75) is 0 Å². The molecule has 0 aromatic carbocycles. The van der Waals surface area contributed by atoms with Crippen LogP contribution < -0.4 is 5.32 Å². The molecule has 0 saturated heterocycles. The van der Waals surface area contributed by atoms with Gasteiger partial charge in [0.15, 0.2) is 17.3 Å². The van der Waals surface area contributed by atoms with E-state index >= 15 is 0 Å². The third-order valence-electron chi connectivity index (χ3n) is 1.15. The van der Waals surface area contributed by atoms with Crippen molar-refractivity contribution in [3.63, 3.8) is 0 Å². The fourth-order valence-electron chi connectivity index (χ4n) is 0.570. The first kappa shape index (κ1) is 15.7. The summed E-state index contributed by atoms with van der Waals surface area (Å²) < 4.78 is 0. The van der Waals surface area contributed by atoms with Crippen LogP contribution in [0.25, 0.3) is 5.43 Å². The van der Waals surface area contributed by atoms with Gasteiger partial charge in [0, 0.05) is 18.6 Å². The van der Waals surface area contributed by atoms with Gasteiger partial charge >= 0.3 is 33.3 Å². The molecule has 0 radical (unpaired) electrons. The third-order valence-corrected chi connectivity index (χ3v) is 1.46. The third kappa shape index (κ3) is 8.96. The Balaban J connectivity index is 0.000000673. The summed E-state index contributed by atoms with van der Waals surface area (Å²) in [6, 6.07) is 0. The summed E-state index contributed by atoms with van der Waals surface area (Å²) >= 11 is 4.72. The first-order chi connectivity index (χ1) is 7.74. The molecular weight excluding hydrogens is 321 g/mol. The van der Waals surface area contributed by atoms with Crippen LogP contribution in [-0.4, -0.2) is 28.3 Å². The molecular formula is C7H9Cl2CuN5S. The van der Waals surface area contributed by atoms with Gasteiger partial charge in [-0.25, -0.2) is 0 Å². The number of nitrogens with zero attached hydrogens (tertiary/aromatic N) is 4. The molecule has 0 atom stereocenters. The van der Waals surface area contributed by atoms with Crippen molar-refractivity contribution in [2.75, 3.05) is 7.05 Å². The molecule has 1 aromatic rings. The van der Waals surface area contributed by atoms with Gasteiger partial charge in [-0.1, -0.05) is 0 Å². The van der Waals surface area contributed by atoms with E-state index in [4.69, 9.17) is 0 Å². The molecule has 5 nitrogen and oxygen atoms in total. The van der Waals surface area contributed by atoms with Gasteiger partial charge < -0.3 is 10.5 Å². The molecule has 0 amide bonds. The number of hydrogen-bond donors (Lipinski definition) is 1. The van der Waals surface area contributed by atoms with E-state index in [9.17, 15) is 0 Å². The van der Waals surface area contributed by atoms with E-state index in [1.165, 1.54) is 6.21 Å². The van der Waals surface area contributed by atoms with E-state index in [1.54, 1.807) is 25.6 Å². The average molecular weight is 330 g/mol. The number of hydrogen-bond acceptors (Lipinski definition) is 3. The van der Waals surface area contributed by atoms with Gasteiger partial charge in [-0.3, -0.25) is 15.3 Å². The minimum atomic E-state index is 0.445. The summed E-state index contributed by atoms with van der Waals surface area (Å²) in [5, 5.41) is 6.89. The number of nitrogens with one attached hydrogen (secondary N) is 1. The zero-order valence-electron chi connectivity index (χ0n) is 8.10. The second-order valence-corrected chi connectivity index (χ2v) is 4.07. The molecule has 1 rings (SSSR count). The molecule has 93 valence electrons. The van der Waals surface area contributed by atoms with Crippen molar-refractivity contribution in [3.8, 4) is 0 Å². The Morgan fingerprint density at radius 3 is 2.81 bits per heavy atom. The predicted octanol–water partition coefficient (Wildman–Crippen LogP) is 1.15. The fourth-order valence-corrected chi connectivity index (χ4v) is 0.622. The molecule has 0 saturated carbocycles. The van der Waals surface area contributed by atoms with Crippen LogP contribution in [0.5, 0.6) is 0 Å². The fraction of sp³-hybridized carbons (Fsp3) is 0.143. The molecule has 0 aliphatic carbocycles. The normalized spacial score (nSPS) is 9.69. The van der Waals surface area contributed by atoms with E-state index in [0.29, 0.717) is 10.8 Å². The topological polar surface area (TPSA) is 64.3 Å². The molecule has 1 heterocycles.